The van der Waals surface area contributed by atoms with Gasteiger partial charge in [-0.05, 0) is 32.0 Å². The number of anilines is 2. The van der Waals surface area contributed by atoms with Gasteiger partial charge in [-0.15, -0.1) is 0 Å². The van der Waals surface area contributed by atoms with E-state index in [1.165, 1.54) is 0 Å². The number of ether oxygens (including phenoxy) is 1. The maximum absolute atomic E-state index is 11.4. The second kappa shape index (κ2) is 5.68. The third-order valence-corrected chi connectivity index (χ3v) is 3.57. The predicted octanol–water partition coefficient (Wildman–Crippen LogP) is 1.99. The molecule has 0 unspecified atom stereocenters. The summed E-state index contributed by atoms with van der Waals surface area (Å²) in [5.74, 6) is 0.328. The van der Waals surface area contributed by atoms with Gasteiger partial charge < -0.3 is 20.7 Å². The summed E-state index contributed by atoms with van der Waals surface area (Å²) in [6.45, 7) is 4.69. The second-order valence-corrected chi connectivity index (χ2v) is 6.14. The lowest BCUT2D eigenvalue weighted by molar-refractivity contribution is -0.107. The minimum absolute atomic E-state index is 0.158. The van der Waals surface area contributed by atoms with Crippen LogP contribution in [-0.2, 0) is 9.53 Å². The molecule has 0 saturated carbocycles. The summed E-state index contributed by atoms with van der Waals surface area (Å²) >= 11 is 0. The van der Waals surface area contributed by atoms with Gasteiger partial charge in [0.25, 0.3) is 0 Å². The number of hydrogen-bond donors (Lipinski definition) is 2. The molecule has 0 atom stereocenters. The van der Waals surface area contributed by atoms with Gasteiger partial charge in [-0.1, -0.05) is 0 Å². The molecule has 0 bridgehead atoms. The number of hydrogen-bond acceptors (Lipinski definition) is 5. The summed E-state index contributed by atoms with van der Waals surface area (Å²) in [4.78, 5) is 13.4. The van der Waals surface area contributed by atoms with Crippen molar-refractivity contribution in [2.45, 2.75) is 25.8 Å². The van der Waals surface area contributed by atoms with Crippen LogP contribution >= 0.6 is 0 Å². The van der Waals surface area contributed by atoms with E-state index in [2.05, 4.69) is 19.2 Å². The lowest BCUT2D eigenvalue weighted by Crippen LogP contribution is -2.38. The van der Waals surface area contributed by atoms with Gasteiger partial charge in [-0.25, -0.2) is 0 Å². The fraction of sp³-hybridized carbons (Fsp3) is 0.438. The monoisotopic (exact) mass is 289 g/mol. The molecule has 0 fully saturated rings. The minimum atomic E-state index is -0.158. The Morgan fingerprint density at radius 3 is 2.71 bits per heavy atom. The molecule has 3 N–H and O–H groups in total. The van der Waals surface area contributed by atoms with Crippen LogP contribution < -0.4 is 16.0 Å². The largest absolute Gasteiger partial charge is 0.488 e. The van der Waals surface area contributed by atoms with E-state index in [9.17, 15) is 4.79 Å². The zero-order valence-electron chi connectivity index (χ0n) is 13.1. The van der Waals surface area contributed by atoms with Crippen molar-refractivity contribution in [3.05, 3.63) is 29.5 Å². The molecular formula is C16H23N3O2. The number of nitrogen functional groups attached to an aromatic ring is 1. The highest BCUT2D eigenvalue weighted by Gasteiger charge is 2.27. The average Bonchev–Trinajstić information content (AvgIpc) is 2.56. The van der Waals surface area contributed by atoms with E-state index in [0.29, 0.717) is 23.8 Å². The first-order chi connectivity index (χ1) is 9.84. The van der Waals surface area contributed by atoms with Gasteiger partial charge in [0.05, 0.1) is 12.3 Å². The Labute approximate surface area is 125 Å². The molecule has 1 aliphatic heterocycles. The Balaban J connectivity index is 2.62. The summed E-state index contributed by atoms with van der Waals surface area (Å²) in [7, 11) is 3.91. The zero-order chi connectivity index (χ0) is 15.6. The standard InChI is InChI=1S/C16H23N3O2/c1-16(2)7-8-21-14(10-20)15(18-16)12-9-11(17)5-6-13(12)19(3)4/h5-6,9-10,18H,7-8,17H2,1-4H3. The van der Waals surface area contributed by atoms with E-state index in [-0.39, 0.29) is 5.54 Å². The number of aldehydes is 1. The SMILES string of the molecule is CN(C)c1ccc(N)cc1C1=C(C=O)OCCC(C)(C)N1. The molecule has 1 aromatic carbocycles. The van der Waals surface area contributed by atoms with Gasteiger partial charge in [0.15, 0.2) is 12.0 Å². The number of benzene rings is 1. The van der Waals surface area contributed by atoms with Gasteiger partial charge in [-0.3, -0.25) is 4.79 Å². The Morgan fingerprint density at radius 1 is 1.38 bits per heavy atom. The van der Waals surface area contributed by atoms with Crippen LogP contribution in [0.2, 0.25) is 0 Å². The number of nitrogens with two attached hydrogens (primary N) is 1. The topological polar surface area (TPSA) is 67.6 Å². The van der Waals surface area contributed by atoms with E-state index in [4.69, 9.17) is 10.5 Å². The molecule has 1 heterocycles. The molecule has 0 spiro atoms. The van der Waals surface area contributed by atoms with Crippen LogP contribution in [0.3, 0.4) is 0 Å². The van der Waals surface area contributed by atoms with Crippen molar-refractivity contribution < 1.29 is 9.53 Å². The van der Waals surface area contributed by atoms with Gasteiger partial charge >= 0.3 is 0 Å². The number of carbonyl (C=O) groups is 1. The Kier molecular flexibility index (Phi) is 4.11. The Bertz CT molecular complexity index is 577. The van der Waals surface area contributed by atoms with Crippen molar-refractivity contribution in [3.8, 4) is 0 Å². The van der Waals surface area contributed by atoms with Crippen LogP contribution in [0.15, 0.2) is 24.0 Å². The third-order valence-electron chi connectivity index (χ3n) is 3.57. The quantitative estimate of drug-likeness (QED) is 0.658. The molecule has 5 heteroatoms. The van der Waals surface area contributed by atoms with Gasteiger partial charge in [0.1, 0.15) is 0 Å². The van der Waals surface area contributed by atoms with Crippen LogP contribution in [0, 0.1) is 0 Å². The zero-order valence-corrected chi connectivity index (χ0v) is 13.1. The van der Waals surface area contributed by atoms with E-state index in [1.807, 2.05) is 37.2 Å². The third kappa shape index (κ3) is 3.29. The lowest BCUT2D eigenvalue weighted by Gasteiger charge is -2.28. The van der Waals surface area contributed by atoms with Gasteiger partial charge in [0.2, 0.25) is 0 Å². The molecule has 0 aromatic heterocycles. The van der Waals surface area contributed by atoms with Crippen molar-refractivity contribution in [2.75, 3.05) is 31.3 Å². The van der Waals surface area contributed by atoms with Crippen LogP contribution in [0.4, 0.5) is 11.4 Å². The first-order valence-electron chi connectivity index (χ1n) is 7.02. The smallest absolute Gasteiger partial charge is 0.186 e. The molecule has 21 heavy (non-hydrogen) atoms. The Hall–Kier alpha value is -2.17. The summed E-state index contributed by atoms with van der Waals surface area (Å²) in [5, 5.41) is 3.44. The number of carbonyl (C=O) groups excluding carboxylic acids is 1. The molecule has 2 rings (SSSR count). The molecule has 5 nitrogen and oxygen atoms in total. The van der Waals surface area contributed by atoms with Crippen molar-refractivity contribution in [3.63, 3.8) is 0 Å². The number of nitrogens with zero attached hydrogens (tertiary/aromatic N) is 1. The molecule has 0 saturated heterocycles. The summed E-state index contributed by atoms with van der Waals surface area (Å²) < 4.78 is 5.62. The van der Waals surface area contributed by atoms with E-state index >= 15 is 0 Å². The first-order valence-corrected chi connectivity index (χ1v) is 7.02. The highest BCUT2D eigenvalue weighted by molar-refractivity contribution is 5.90. The van der Waals surface area contributed by atoms with Crippen LogP contribution in [0.1, 0.15) is 25.8 Å². The van der Waals surface area contributed by atoms with E-state index < -0.39 is 0 Å². The Morgan fingerprint density at radius 2 is 2.10 bits per heavy atom. The maximum atomic E-state index is 11.4. The average molecular weight is 289 g/mol. The van der Waals surface area contributed by atoms with Crippen LogP contribution in [0.5, 0.6) is 0 Å². The molecule has 1 aromatic rings. The van der Waals surface area contributed by atoms with Gasteiger partial charge in [0, 0.05) is 43.0 Å². The highest BCUT2D eigenvalue weighted by Crippen LogP contribution is 2.32. The fourth-order valence-electron chi connectivity index (χ4n) is 2.39. The number of nitrogens with one attached hydrogen (secondary N) is 1. The number of rotatable bonds is 3. The van der Waals surface area contributed by atoms with E-state index in [1.54, 1.807) is 0 Å². The van der Waals surface area contributed by atoms with Crippen LogP contribution in [-0.4, -0.2) is 32.5 Å². The second-order valence-electron chi connectivity index (χ2n) is 6.14. The highest BCUT2D eigenvalue weighted by atomic mass is 16.5. The maximum Gasteiger partial charge on any atom is 0.186 e. The molecule has 0 radical (unpaired) electrons. The molecular weight excluding hydrogens is 266 g/mol. The van der Waals surface area contributed by atoms with Crippen molar-refractivity contribution in [1.82, 2.24) is 5.32 Å². The van der Waals surface area contributed by atoms with Crippen LogP contribution in [0.25, 0.3) is 5.70 Å². The number of allylic oxidation sites excluding steroid dienone is 1. The molecule has 114 valence electrons. The summed E-state index contributed by atoms with van der Waals surface area (Å²) in [6, 6.07) is 5.66. The fourth-order valence-corrected chi connectivity index (χ4v) is 2.39. The van der Waals surface area contributed by atoms with Crippen molar-refractivity contribution in [1.29, 1.82) is 0 Å². The normalized spacial score (nSPS) is 17.5. The van der Waals surface area contributed by atoms with Gasteiger partial charge in [-0.2, -0.15) is 0 Å². The van der Waals surface area contributed by atoms with Crippen molar-refractivity contribution >= 4 is 23.4 Å². The summed E-state index contributed by atoms with van der Waals surface area (Å²) in [5.41, 5.74) is 8.97. The summed E-state index contributed by atoms with van der Waals surface area (Å²) in [6.07, 6.45) is 1.57. The van der Waals surface area contributed by atoms with E-state index in [0.717, 1.165) is 24.0 Å². The molecule has 0 amide bonds. The predicted molar refractivity (Wildman–Crippen MR) is 85.9 cm³/mol. The molecule has 1 aliphatic rings. The lowest BCUT2D eigenvalue weighted by atomic mass is 9.99. The first kappa shape index (κ1) is 15.2. The minimum Gasteiger partial charge on any atom is -0.488 e. The van der Waals surface area contributed by atoms with Crippen molar-refractivity contribution in [2.24, 2.45) is 0 Å². The molecule has 0 aliphatic carbocycles.